The minimum absolute atomic E-state index is 0.0238. The minimum atomic E-state index is -0.206. The van der Waals surface area contributed by atoms with Gasteiger partial charge in [0.2, 0.25) is 0 Å². The molecule has 0 spiro atoms. The Morgan fingerprint density at radius 1 is 1.10 bits per heavy atom. The molecule has 8 heteroatoms. The van der Waals surface area contributed by atoms with Crippen LogP contribution in [0, 0.1) is 5.92 Å². The number of carbonyl (C=O) groups is 1. The summed E-state index contributed by atoms with van der Waals surface area (Å²) in [5.74, 6) is 0.173. The maximum Gasteiger partial charge on any atom is 0.274 e. The second-order valence-electron chi connectivity index (χ2n) is 8.32. The first-order valence-corrected chi connectivity index (χ1v) is 10.4. The monoisotopic (exact) mass is 397 g/mol. The standard InChI is InChI=1S/C21H27N5O3/c1-14(2)26-19(27)7-6-18(23-26)21(29)24-10-8-15(9-11-24)13-25-20(28)12-16-4-3-5-17(16)22-25/h6-7,12,14-15H,3-5,8-11,13H2,1-2H3. The maximum atomic E-state index is 12.8. The number of amides is 1. The zero-order chi connectivity index (χ0) is 20.5. The molecule has 1 fully saturated rings. The van der Waals surface area contributed by atoms with E-state index in [-0.39, 0.29) is 23.1 Å². The van der Waals surface area contributed by atoms with Gasteiger partial charge in [-0.15, -0.1) is 0 Å². The Kier molecular flexibility index (Phi) is 5.34. The quantitative estimate of drug-likeness (QED) is 0.778. The van der Waals surface area contributed by atoms with Crippen molar-refractivity contribution in [2.45, 2.75) is 58.5 Å². The lowest BCUT2D eigenvalue weighted by Crippen LogP contribution is -2.41. The smallest absolute Gasteiger partial charge is 0.274 e. The van der Waals surface area contributed by atoms with Crippen LogP contribution >= 0.6 is 0 Å². The summed E-state index contributed by atoms with van der Waals surface area (Å²) >= 11 is 0. The van der Waals surface area contributed by atoms with E-state index in [4.69, 9.17) is 0 Å². The van der Waals surface area contributed by atoms with Gasteiger partial charge in [-0.1, -0.05) is 0 Å². The molecule has 0 bridgehead atoms. The molecular formula is C21H27N5O3. The van der Waals surface area contributed by atoms with Crippen LogP contribution in [-0.2, 0) is 19.4 Å². The lowest BCUT2D eigenvalue weighted by molar-refractivity contribution is 0.0671. The number of nitrogens with zero attached hydrogens (tertiary/aromatic N) is 5. The molecule has 0 aromatic carbocycles. The molecule has 2 aliphatic rings. The first kappa shape index (κ1) is 19.5. The van der Waals surface area contributed by atoms with E-state index in [1.165, 1.54) is 16.8 Å². The molecule has 0 unspecified atom stereocenters. The molecule has 1 saturated heterocycles. The number of carbonyl (C=O) groups excluding carboxylic acids is 1. The number of hydrogen-bond donors (Lipinski definition) is 0. The highest BCUT2D eigenvalue weighted by Crippen LogP contribution is 2.21. The predicted molar refractivity (Wildman–Crippen MR) is 108 cm³/mol. The number of hydrogen-bond acceptors (Lipinski definition) is 5. The van der Waals surface area contributed by atoms with Crippen LogP contribution in [0.25, 0.3) is 0 Å². The number of rotatable bonds is 4. The molecule has 29 heavy (non-hydrogen) atoms. The Morgan fingerprint density at radius 3 is 2.59 bits per heavy atom. The lowest BCUT2D eigenvalue weighted by Gasteiger charge is -2.32. The highest BCUT2D eigenvalue weighted by molar-refractivity contribution is 5.92. The van der Waals surface area contributed by atoms with Crippen LogP contribution in [0.2, 0.25) is 0 Å². The van der Waals surface area contributed by atoms with E-state index in [1.54, 1.807) is 15.6 Å². The fourth-order valence-corrected chi connectivity index (χ4v) is 4.20. The number of piperidine rings is 1. The number of likely N-dealkylation sites (tertiary alicyclic amines) is 1. The van der Waals surface area contributed by atoms with Gasteiger partial charge >= 0.3 is 0 Å². The highest BCUT2D eigenvalue weighted by atomic mass is 16.2. The van der Waals surface area contributed by atoms with Crippen LogP contribution in [0.5, 0.6) is 0 Å². The molecule has 154 valence electrons. The zero-order valence-electron chi connectivity index (χ0n) is 17.0. The summed E-state index contributed by atoms with van der Waals surface area (Å²) in [6.07, 6.45) is 4.62. The average molecular weight is 397 g/mol. The summed E-state index contributed by atoms with van der Waals surface area (Å²) in [6.45, 7) is 5.56. The molecule has 0 atom stereocenters. The van der Waals surface area contributed by atoms with Crippen LogP contribution in [0.3, 0.4) is 0 Å². The molecule has 1 aliphatic carbocycles. The summed E-state index contributed by atoms with van der Waals surface area (Å²) < 4.78 is 2.94. The van der Waals surface area contributed by atoms with Crippen molar-refractivity contribution >= 4 is 5.91 Å². The van der Waals surface area contributed by atoms with Gasteiger partial charge in [0.25, 0.3) is 17.0 Å². The van der Waals surface area contributed by atoms with Crippen molar-refractivity contribution in [2.24, 2.45) is 5.92 Å². The second kappa shape index (κ2) is 7.93. The van der Waals surface area contributed by atoms with E-state index in [9.17, 15) is 14.4 Å². The van der Waals surface area contributed by atoms with Crippen molar-refractivity contribution in [1.29, 1.82) is 0 Å². The second-order valence-corrected chi connectivity index (χ2v) is 8.32. The van der Waals surface area contributed by atoms with Crippen molar-refractivity contribution in [3.05, 3.63) is 55.9 Å². The molecular weight excluding hydrogens is 370 g/mol. The molecule has 0 saturated carbocycles. The van der Waals surface area contributed by atoms with Crippen molar-refractivity contribution in [3.8, 4) is 0 Å². The highest BCUT2D eigenvalue weighted by Gasteiger charge is 2.26. The first-order chi connectivity index (χ1) is 13.9. The van der Waals surface area contributed by atoms with Gasteiger partial charge in [0.15, 0.2) is 0 Å². The van der Waals surface area contributed by atoms with E-state index < -0.39 is 0 Å². The Balaban J connectivity index is 1.40. The molecule has 2 aromatic rings. The first-order valence-electron chi connectivity index (χ1n) is 10.4. The van der Waals surface area contributed by atoms with E-state index in [0.29, 0.717) is 31.2 Å². The summed E-state index contributed by atoms with van der Waals surface area (Å²) in [5, 5.41) is 8.80. The third-order valence-corrected chi connectivity index (χ3v) is 5.89. The lowest BCUT2D eigenvalue weighted by atomic mass is 9.96. The van der Waals surface area contributed by atoms with Gasteiger partial charge in [-0.2, -0.15) is 10.2 Å². The van der Waals surface area contributed by atoms with Gasteiger partial charge in [0.1, 0.15) is 5.69 Å². The molecule has 4 rings (SSSR count). The third-order valence-electron chi connectivity index (χ3n) is 5.89. The van der Waals surface area contributed by atoms with Crippen LogP contribution in [0.15, 0.2) is 27.8 Å². The summed E-state index contributed by atoms with van der Waals surface area (Å²) in [4.78, 5) is 38.8. The largest absolute Gasteiger partial charge is 0.337 e. The van der Waals surface area contributed by atoms with Crippen LogP contribution < -0.4 is 11.1 Å². The summed E-state index contributed by atoms with van der Waals surface area (Å²) in [5.41, 5.74) is 2.23. The molecule has 0 radical (unpaired) electrons. The van der Waals surface area contributed by atoms with E-state index in [2.05, 4.69) is 10.2 Å². The van der Waals surface area contributed by atoms with Gasteiger partial charge in [-0.05, 0) is 63.5 Å². The summed E-state index contributed by atoms with van der Waals surface area (Å²) in [6, 6.07) is 4.55. The molecule has 3 heterocycles. The molecule has 2 aromatic heterocycles. The van der Waals surface area contributed by atoms with Crippen molar-refractivity contribution in [1.82, 2.24) is 24.5 Å². The third kappa shape index (κ3) is 4.02. The van der Waals surface area contributed by atoms with Crippen LogP contribution in [0.1, 0.15) is 60.9 Å². The van der Waals surface area contributed by atoms with Crippen LogP contribution in [0.4, 0.5) is 0 Å². The van der Waals surface area contributed by atoms with Gasteiger partial charge in [-0.25, -0.2) is 9.36 Å². The average Bonchev–Trinajstić information content (AvgIpc) is 3.15. The SMILES string of the molecule is CC(C)n1nc(C(=O)N2CCC(Cn3nc4c(cc3=O)CCC4)CC2)ccc1=O. The topological polar surface area (TPSA) is 90.1 Å². The van der Waals surface area contributed by atoms with E-state index >= 15 is 0 Å². The number of aromatic nitrogens is 4. The number of fused-ring (bicyclic) bond motifs is 1. The molecule has 1 amide bonds. The Morgan fingerprint density at radius 2 is 1.86 bits per heavy atom. The van der Waals surface area contributed by atoms with Gasteiger partial charge in [0.05, 0.1) is 11.7 Å². The summed E-state index contributed by atoms with van der Waals surface area (Å²) in [7, 11) is 0. The van der Waals surface area contributed by atoms with Crippen LogP contribution in [-0.4, -0.2) is 43.5 Å². The predicted octanol–water partition coefficient (Wildman–Crippen LogP) is 1.42. The molecule has 0 N–H and O–H groups in total. The van der Waals surface area contributed by atoms with E-state index in [0.717, 1.165) is 43.4 Å². The van der Waals surface area contributed by atoms with Crippen molar-refractivity contribution in [2.75, 3.05) is 13.1 Å². The number of aryl methyl sites for hydroxylation is 2. The van der Waals surface area contributed by atoms with Gasteiger partial charge in [0, 0.05) is 31.8 Å². The van der Waals surface area contributed by atoms with Gasteiger partial charge in [-0.3, -0.25) is 14.4 Å². The maximum absolute atomic E-state index is 12.8. The Bertz CT molecular complexity index is 1030. The fraction of sp³-hybridized carbons (Fsp3) is 0.571. The Labute approximate surface area is 169 Å². The van der Waals surface area contributed by atoms with Crippen molar-refractivity contribution in [3.63, 3.8) is 0 Å². The van der Waals surface area contributed by atoms with Crippen molar-refractivity contribution < 1.29 is 4.79 Å². The van der Waals surface area contributed by atoms with E-state index in [1.807, 2.05) is 13.8 Å². The zero-order valence-corrected chi connectivity index (χ0v) is 17.0. The Hall–Kier alpha value is -2.77. The normalized spacial score (nSPS) is 17.0. The minimum Gasteiger partial charge on any atom is -0.337 e. The molecule has 1 aliphatic heterocycles. The van der Waals surface area contributed by atoms with Gasteiger partial charge < -0.3 is 4.90 Å². The fourth-order valence-electron chi connectivity index (χ4n) is 4.20. The molecule has 8 nitrogen and oxygen atoms in total.